The summed E-state index contributed by atoms with van der Waals surface area (Å²) in [6.07, 6.45) is 0. The standard InChI is InChI=1S/C11H11ClO3S/c1-7(11(14)15)16-9-4-2-8(3-5-9)10(13)6-12/h2-5,7H,6H2,1H3,(H,14,15). The second-order valence-corrected chi connectivity index (χ2v) is 4.86. The van der Waals surface area contributed by atoms with E-state index >= 15 is 0 Å². The average Bonchev–Trinajstić information content (AvgIpc) is 2.28. The first-order chi connectivity index (χ1) is 7.54. The first-order valence-corrected chi connectivity index (χ1v) is 6.04. The monoisotopic (exact) mass is 258 g/mol. The molecular weight excluding hydrogens is 248 g/mol. The lowest BCUT2D eigenvalue weighted by Crippen LogP contribution is -2.11. The van der Waals surface area contributed by atoms with Crippen LogP contribution in [0.3, 0.4) is 0 Å². The van der Waals surface area contributed by atoms with Crippen molar-refractivity contribution in [1.82, 2.24) is 0 Å². The van der Waals surface area contributed by atoms with E-state index in [0.29, 0.717) is 5.56 Å². The predicted molar refractivity (Wildman–Crippen MR) is 64.4 cm³/mol. The molecule has 0 radical (unpaired) electrons. The van der Waals surface area contributed by atoms with E-state index in [1.165, 1.54) is 11.8 Å². The molecule has 0 amide bonds. The Hall–Kier alpha value is -1.00. The molecule has 3 nitrogen and oxygen atoms in total. The van der Waals surface area contributed by atoms with Crippen molar-refractivity contribution in [3.8, 4) is 0 Å². The van der Waals surface area contributed by atoms with Crippen molar-refractivity contribution in [3.05, 3.63) is 29.8 Å². The normalized spacial score (nSPS) is 12.1. The number of hydrogen-bond acceptors (Lipinski definition) is 3. The van der Waals surface area contributed by atoms with Gasteiger partial charge in [-0.2, -0.15) is 0 Å². The van der Waals surface area contributed by atoms with Crippen LogP contribution in [-0.2, 0) is 4.79 Å². The number of aliphatic carboxylic acids is 1. The van der Waals surface area contributed by atoms with Gasteiger partial charge in [-0.3, -0.25) is 9.59 Å². The number of benzene rings is 1. The molecule has 86 valence electrons. The molecule has 1 rings (SSSR count). The van der Waals surface area contributed by atoms with Crippen molar-refractivity contribution >= 4 is 35.1 Å². The second kappa shape index (κ2) is 5.92. The number of carboxylic acids is 1. The molecule has 1 unspecified atom stereocenters. The number of ketones is 1. The molecule has 0 aromatic heterocycles. The first-order valence-electron chi connectivity index (χ1n) is 4.63. The van der Waals surface area contributed by atoms with Crippen molar-refractivity contribution in [2.45, 2.75) is 17.1 Å². The number of hydrogen-bond donors (Lipinski definition) is 1. The van der Waals surface area contributed by atoms with Crippen LogP contribution in [0.4, 0.5) is 0 Å². The number of carbonyl (C=O) groups excluding carboxylic acids is 1. The van der Waals surface area contributed by atoms with Crippen molar-refractivity contribution < 1.29 is 14.7 Å². The van der Waals surface area contributed by atoms with Gasteiger partial charge in [0.05, 0.1) is 5.88 Å². The highest BCUT2D eigenvalue weighted by atomic mass is 35.5. The van der Waals surface area contributed by atoms with Gasteiger partial charge < -0.3 is 5.11 Å². The summed E-state index contributed by atoms with van der Waals surface area (Å²) in [5.74, 6) is -1.03. The summed E-state index contributed by atoms with van der Waals surface area (Å²) in [5, 5.41) is 8.23. The van der Waals surface area contributed by atoms with Crippen molar-refractivity contribution in [3.63, 3.8) is 0 Å². The maximum absolute atomic E-state index is 11.2. The Labute approximate surface area is 103 Å². The minimum absolute atomic E-state index is 0.0436. The van der Waals surface area contributed by atoms with Crippen LogP contribution in [0.2, 0.25) is 0 Å². The van der Waals surface area contributed by atoms with Crippen LogP contribution in [0, 0.1) is 0 Å². The molecule has 0 fully saturated rings. The minimum Gasteiger partial charge on any atom is -0.480 e. The average molecular weight is 259 g/mol. The van der Waals surface area contributed by atoms with Crippen LogP contribution < -0.4 is 0 Å². The Morgan fingerprint density at radius 3 is 2.38 bits per heavy atom. The van der Waals surface area contributed by atoms with E-state index in [9.17, 15) is 9.59 Å². The van der Waals surface area contributed by atoms with Gasteiger partial charge in [-0.05, 0) is 19.1 Å². The van der Waals surface area contributed by atoms with Gasteiger partial charge >= 0.3 is 5.97 Å². The highest BCUT2D eigenvalue weighted by Crippen LogP contribution is 2.23. The van der Waals surface area contributed by atoms with Gasteiger partial charge in [0.1, 0.15) is 5.25 Å². The molecule has 1 N–H and O–H groups in total. The summed E-state index contributed by atoms with van der Waals surface area (Å²) in [5.41, 5.74) is 0.544. The van der Waals surface area contributed by atoms with Crippen LogP contribution in [0.15, 0.2) is 29.2 Å². The molecule has 0 spiro atoms. The van der Waals surface area contributed by atoms with Crippen molar-refractivity contribution in [1.29, 1.82) is 0 Å². The largest absolute Gasteiger partial charge is 0.480 e. The fraction of sp³-hybridized carbons (Fsp3) is 0.273. The van der Waals surface area contributed by atoms with Gasteiger partial charge in [-0.25, -0.2) is 0 Å². The SMILES string of the molecule is CC(Sc1ccc(C(=O)CCl)cc1)C(=O)O. The summed E-state index contributed by atoms with van der Waals surface area (Å²) in [4.78, 5) is 22.7. The number of alkyl halides is 1. The Morgan fingerprint density at radius 1 is 1.38 bits per heavy atom. The summed E-state index contributed by atoms with van der Waals surface area (Å²) in [6.45, 7) is 1.62. The van der Waals surface area contributed by atoms with Gasteiger partial charge in [0.2, 0.25) is 0 Å². The quantitative estimate of drug-likeness (QED) is 0.501. The molecule has 0 heterocycles. The van der Waals surface area contributed by atoms with Crippen LogP contribution in [-0.4, -0.2) is 28.0 Å². The topological polar surface area (TPSA) is 54.4 Å². The molecule has 1 atom stereocenters. The first kappa shape index (κ1) is 13.1. The zero-order valence-corrected chi connectivity index (χ0v) is 10.2. The molecule has 0 saturated heterocycles. The fourth-order valence-electron chi connectivity index (χ4n) is 1.05. The molecular formula is C11H11ClO3S. The third-order valence-corrected chi connectivity index (χ3v) is 3.30. The maximum Gasteiger partial charge on any atom is 0.316 e. The van der Waals surface area contributed by atoms with Gasteiger partial charge in [-0.1, -0.05) is 12.1 Å². The lowest BCUT2D eigenvalue weighted by molar-refractivity contribution is -0.136. The van der Waals surface area contributed by atoms with E-state index in [4.69, 9.17) is 16.7 Å². The number of carbonyl (C=O) groups is 2. The van der Waals surface area contributed by atoms with E-state index in [0.717, 1.165) is 4.90 Å². The Morgan fingerprint density at radius 2 is 1.94 bits per heavy atom. The molecule has 5 heteroatoms. The van der Waals surface area contributed by atoms with E-state index in [2.05, 4.69) is 0 Å². The highest BCUT2D eigenvalue weighted by molar-refractivity contribution is 8.00. The summed E-state index contributed by atoms with van der Waals surface area (Å²) in [7, 11) is 0. The van der Waals surface area contributed by atoms with Gasteiger partial charge in [0, 0.05) is 10.5 Å². The molecule has 0 bridgehead atoms. The predicted octanol–water partition coefficient (Wildman–Crippen LogP) is 2.67. The van der Waals surface area contributed by atoms with Crippen LogP contribution in [0.1, 0.15) is 17.3 Å². The third kappa shape index (κ3) is 3.54. The van der Waals surface area contributed by atoms with E-state index in [1.54, 1.807) is 31.2 Å². The Kier molecular flexibility index (Phi) is 4.83. The second-order valence-electron chi connectivity index (χ2n) is 3.18. The summed E-state index contributed by atoms with van der Waals surface area (Å²) < 4.78 is 0. The number of carboxylic acid groups (broad SMARTS) is 1. The summed E-state index contributed by atoms with van der Waals surface area (Å²) in [6, 6.07) is 6.76. The summed E-state index contributed by atoms with van der Waals surface area (Å²) >= 11 is 6.66. The van der Waals surface area contributed by atoms with Crippen LogP contribution in [0.5, 0.6) is 0 Å². The zero-order chi connectivity index (χ0) is 12.1. The third-order valence-electron chi connectivity index (χ3n) is 1.96. The number of Topliss-reactive ketones (excluding diaryl/α,β-unsaturated/α-hetero) is 1. The molecule has 1 aromatic carbocycles. The molecule has 16 heavy (non-hydrogen) atoms. The molecule has 0 aliphatic heterocycles. The van der Waals surface area contributed by atoms with Gasteiger partial charge in [-0.15, -0.1) is 23.4 Å². The molecule has 0 saturated carbocycles. The Balaban J connectivity index is 2.72. The molecule has 1 aromatic rings. The van der Waals surface area contributed by atoms with Gasteiger partial charge in [0.15, 0.2) is 5.78 Å². The number of rotatable bonds is 5. The van der Waals surface area contributed by atoms with Crippen LogP contribution >= 0.6 is 23.4 Å². The fourth-order valence-corrected chi connectivity index (χ4v) is 2.01. The van der Waals surface area contributed by atoms with Crippen molar-refractivity contribution in [2.75, 3.05) is 5.88 Å². The number of thioether (sulfide) groups is 1. The zero-order valence-electron chi connectivity index (χ0n) is 8.64. The van der Waals surface area contributed by atoms with E-state index in [-0.39, 0.29) is 11.7 Å². The molecule has 0 aliphatic rings. The minimum atomic E-state index is -0.856. The van der Waals surface area contributed by atoms with Crippen molar-refractivity contribution in [2.24, 2.45) is 0 Å². The van der Waals surface area contributed by atoms with Crippen LogP contribution in [0.25, 0.3) is 0 Å². The number of halogens is 1. The lowest BCUT2D eigenvalue weighted by Gasteiger charge is -2.06. The Bertz CT molecular complexity index is 389. The maximum atomic E-state index is 11.2. The highest BCUT2D eigenvalue weighted by Gasteiger charge is 2.12. The lowest BCUT2D eigenvalue weighted by atomic mass is 10.1. The van der Waals surface area contributed by atoms with E-state index < -0.39 is 11.2 Å². The smallest absolute Gasteiger partial charge is 0.316 e. The van der Waals surface area contributed by atoms with E-state index in [1.807, 2.05) is 0 Å². The van der Waals surface area contributed by atoms with Gasteiger partial charge in [0.25, 0.3) is 0 Å². The molecule has 0 aliphatic carbocycles.